The zero-order valence-corrected chi connectivity index (χ0v) is 11.0. The van der Waals surface area contributed by atoms with Gasteiger partial charge in [0.1, 0.15) is 5.69 Å². The number of nitrogens with two attached hydrogens (primary N) is 1. The molecular formula is C12H20N4O2. The summed E-state index contributed by atoms with van der Waals surface area (Å²) in [7, 11) is 0. The first-order valence-electron chi connectivity index (χ1n) is 6.18. The molecule has 1 saturated carbocycles. The summed E-state index contributed by atoms with van der Waals surface area (Å²) in [5.74, 6) is -0.210. The molecule has 0 aromatic carbocycles. The van der Waals surface area contributed by atoms with Crippen molar-refractivity contribution in [1.82, 2.24) is 15.5 Å². The molecule has 0 aliphatic heterocycles. The average molecular weight is 252 g/mol. The molecule has 1 amide bonds. The van der Waals surface area contributed by atoms with Crippen LogP contribution in [0.2, 0.25) is 0 Å². The largest absolute Gasteiger partial charge is 0.396 e. The Hall–Kier alpha value is -1.56. The number of nitrogens with zero attached hydrogens (tertiary/aromatic N) is 1. The first kappa shape index (κ1) is 12.9. The predicted molar refractivity (Wildman–Crippen MR) is 68.1 cm³/mol. The van der Waals surface area contributed by atoms with Crippen molar-refractivity contribution in [3.05, 3.63) is 11.9 Å². The van der Waals surface area contributed by atoms with Crippen LogP contribution in [0.25, 0.3) is 0 Å². The normalized spacial score (nSPS) is 25.5. The third-order valence-electron chi connectivity index (χ3n) is 3.75. The molecule has 2 rings (SSSR count). The molecule has 2 atom stereocenters. The van der Waals surface area contributed by atoms with Gasteiger partial charge in [-0.1, -0.05) is 13.8 Å². The van der Waals surface area contributed by atoms with E-state index in [1.54, 1.807) is 0 Å². The van der Waals surface area contributed by atoms with Gasteiger partial charge >= 0.3 is 0 Å². The molecule has 6 nitrogen and oxygen atoms in total. The zero-order valence-electron chi connectivity index (χ0n) is 11.0. The fourth-order valence-corrected chi connectivity index (χ4v) is 2.32. The lowest BCUT2D eigenvalue weighted by molar-refractivity contribution is -0.111. The van der Waals surface area contributed by atoms with Gasteiger partial charge in [-0.05, 0) is 13.3 Å². The molecule has 1 aliphatic carbocycles. The van der Waals surface area contributed by atoms with E-state index in [0.717, 1.165) is 6.42 Å². The summed E-state index contributed by atoms with van der Waals surface area (Å²) < 4.78 is 5.62. The summed E-state index contributed by atoms with van der Waals surface area (Å²) in [5.41, 5.74) is 6.28. The zero-order chi connectivity index (χ0) is 13.3. The van der Waals surface area contributed by atoms with Crippen molar-refractivity contribution in [2.75, 3.05) is 12.3 Å². The molecule has 0 radical (unpaired) electrons. The lowest BCUT2D eigenvalue weighted by atomic mass is 9.64. The highest BCUT2D eigenvalue weighted by Gasteiger charge is 2.49. The molecule has 1 aromatic rings. The van der Waals surface area contributed by atoms with Crippen molar-refractivity contribution >= 4 is 11.6 Å². The third-order valence-corrected chi connectivity index (χ3v) is 3.75. The van der Waals surface area contributed by atoms with Crippen LogP contribution < -0.4 is 11.1 Å². The summed E-state index contributed by atoms with van der Waals surface area (Å²) in [6.07, 6.45) is 2.47. The van der Waals surface area contributed by atoms with Crippen LogP contribution in [0, 0.1) is 5.41 Å². The molecule has 4 N–H and O–H groups in total. The Morgan fingerprint density at radius 3 is 2.94 bits per heavy atom. The molecule has 100 valence electrons. The smallest absolute Gasteiger partial charge is 0.271 e. The summed E-state index contributed by atoms with van der Waals surface area (Å²) in [6.45, 7) is 6.87. The molecule has 18 heavy (non-hydrogen) atoms. The van der Waals surface area contributed by atoms with E-state index >= 15 is 0 Å². The van der Waals surface area contributed by atoms with Gasteiger partial charge in [-0.15, -0.1) is 0 Å². The second kappa shape index (κ2) is 4.61. The fraction of sp³-hybridized carbons (Fsp3) is 0.667. The number of hydrogen-bond donors (Lipinski definition) is 3. The Bertz CT molecular complexity index is 441. The fourth-order valence-electron chi connectivity index (χ4n) is 2.32. The summed E-state index contributed by atoms with van der Waals surface area (Å²) in [4.78, 5) is 12.0. The number of hydrogen-bond acceptors (Lipinski definition) is 4. The van der Waals surface area contributed by atoms with Crippen molar-refractivity contribution in [3.63, 3.8) is 0 Å². The van der Waals surface area contributed by atoms with Gasteiger partial charge < -0.3 is 15.8 Å². The van der Waals surface area contributed by atoms with Gasteiger partial charge in [0.2, 0.25) is 0 Å². The lowest BCUT2D eigenvalue weighted by Crippen LogP contribution is -2.62. The maximum absolute atomic E-state index is 12.0. The van der Waals surface area contributed by atoms with E-state index in [1.165, 1.54) is 6.20 Å². The van der Waals surface area contributed by atoms with Crippen LogP contribution in [0.15, 0.2) is 6.20 Å². The summed E-state index contributed by atoms with van der Waals surface area (Å²) in [5, 5.41) is 9.31. The number of aromatic nitrogens is 2. The van der Waals surface area contributed by atoms with Crippen LogP contribution in [-0.2, 0) is 4.74 Å². The van der Waals surface area contributed by atoms with Crippen molar-refractivity contribution in [3.8, 4) is 0 Å². The highest BCUT2D eigenvalue weighted by atomic mass is 16.5. The molecule has 1 heterocycles. The van der Waals surface area contributed by atoms with E-state index < -0.39 is 0 Å². The van der Waals surface area contributed by atoms with E-state index in [4.69, 9.17) is 10.5 Å². The van der Waals surface area contributed by atoms with Crippen molar-refractivity contribution in [2.24, 2.45) is 5.41 Å². The summed E-state index contributed by atoms with van der Waals surface area (Å²) >= 11 is 0. The van der Waals surface area contributed by atoms with Gasteiger partial charge in [0.25, 0.3) is 5.91 Å². The van der Waals surface area contributed by atoms with E-state index in [9.17, 15) is 4.79 Å². The second-order valence-corrected chi connectivity index (χ2v) is 5.23. The predicted octanol–water partition coefficient (Wildman–Crippen LogP) is 0.925. The minimum atomic E-state index is -0.210. The van der Waals surface area contributed by atoms with Crippen molar-refractivity contribution in [1.29, 1.82) is 0 Å². The average Bonchev–Trinajstić information content (AvgIpc) is 2.74. The minimum absolute atomic E-state index is 0.0551. The van der Waals surface area contributed by atoms with Crippen LogP contribution in [0.4, 0.5) is 5.69 Å². The van der Waals surface area contributed by atoms with Crippen molar-refractivity contribution < 1.29 is 9.53 Å². The maximum Gasteiger partial charge on any atom is 0.271 e. The molecule has 1 aromatic heterocycles. The van der Waals surface area contributed by atoms with E-state index in [-0.39, 0.29) is 23.5 Å². The lowest BCUT2D eigenvalue weighted by Gasteiger charge is -2.51. The van der Waals surface area contributed by atoms with Crippen LogP contribution in [0.3, 0.4) is 0 Å². The molecule has 0 bridgehead atoms. The van der Waals surface area contributed by atoms with Crippen LogP contribution in [0.1, 0.15) is 37.7 Å². The number of nitrogens with one attached hydrogen (secondary N) is 2. The highest BCUT2D eigenvalue weighted by Crippen LogP contribution is 2.42. The van der Waals surface area contributed by atoms with Gasteiger partial charge in [-0.2, -0.15) is 5.10 Å². The van der Waals surface area contributed by atoms with Crippen molar-refractivity contribution in [2.45, 2.75) is 39.3 Å². The quantitative estimate of drug-likeness (QED) is 0.743. The Morgan fingerprint density at radius 2 is 2.44 bits per heavy atom. The maximum atomic E-state index is 12.0. The second-order valence-electron chi connectivity index (χ2n) is 5.23. The Labute approximate surface area is 106 Å². The van der Waals surface area contributed by atoms with Gasteiger partial charge in [-0.25, -0.2) is 0 Å². The van der Waals surface area contributed by atoms with Crippen LogP contribution >= 0.6 is 0 Å². The number of aromatic amines is 1. The van der Waals surface area contributed by atoms with E-state index in [2.05, 4.69) is 29.4 Å². The Morgan fingerprint density at radius 1 is 1.72 bits per heavy atom. The number of carbonyl (C=O) groups excluding carboxylic acids is 1. The van der Waals surface area contributed by atoms with Gasteiger partial charge in [0.15, 0.2) is 0 Å². The van der Waals surface area contributed by atoms with Gasteiger partial charge in [-0.3, -0.25) is 9.89 Å². The molecule has 1 aliphatic rings. The number of nitrogen functional groups attached to an aromatic ring is 1. The molecular weight excluding hydrogens is 232 g/mol. The van der Waals surface area contributed by atoms with E-state index in [1.807, 2.05) is 6.92 Å². The Kier molecular flexibility index (Phi) is 3.30. The standard InChI is InChI=1S/C12H20N4O2/c1-4-18-9-5-8(12(9,2)3)15-11(17)10-7(13)6-14-16-10/h6,8-9H,4-5,13H2,1-3H3,(H,14,16)(H,15,17). The number of anilines is 1. The monoisotopic (exact) mass is 252 g/mol. The van der Waals surface area contributed by atoms with Gasteiger partial charge in [0.05, 0.1) is 18.0 Å². The van der Waals surface area contributed by atoms with E-state index in [0.29, 0.717) is 18.0 Å². The first-order chi connectivity index (χ1) is 8.46. The number of ether oxygens (including phenoxy) is 1. The number of rotatable bonds is 4. The molecule has 6 heteroatoms. The summed E-state index contributed by atoms with van der Waals surface area (Å²) in [6, 6.07) is 0.101. The first-order valence-corrected chi connectivity index (χ1v) is 6.18. The topological polar surface area (TPSA) is 93.0 Å². The third kappa shape index (κ3) is 2.08. The van der Waals surface area contributed by atoms with Gasteiger partial charge in [0, 0.05) is 18.1 Å². The highest BCUT2D eigenvalue weighted by molar-refractivity contribution is 5.97. The SMILES string of the molecule is CCOC1CC(NC(=O)c2[nH]ncc2N)C1(C)C. The minimum Gasteiger partial charge on any atom is -0.396 e. The number of H-pyrrole nitrogens is 1. The van der Waals surface area contributed by atoms with Crippen LogP contribution in [-0.4, -0.2) is 34.9 Å². The molecule has 1 fully saturated rings. The molecule has 2 unspecified atom stereocenters. The molecule has 0 spiro atoms. The number of amides is 1. The molecule has 0 saturated heterocycles. The van der Waals surface area contributed by atoms with Crippen LogP contribution in [0.5, 0.6) is 0 Å². The Balaban J connectivity index is 1.96. The number of carbonyl (C=O) groups is 1.